The molecule has 0 atom stereocenters. The van der Waals surface area contributed by atoms with Gasteiger partial charge in [0.1, 0.15) is 5.71 Å². The summed E-state index contributed by atoms with van der Waals surface area (Å²) in [5.74, 6) is 0. The molecule has 1 aromatic carbocycles. The average molecular weight is 235 g/mol. The maximum atomic E-state index is 9.23. The van der Waals surface area contributed by atoms with Crippen LogP contribution in [0, 0.1) is 0 Å². The number of benzene rings is 1. The molecule has 0 unspecified atom stereocenters. The van der Waals surface area contributed by atoms with Crippen LogP contribution in [0.1, 0.15) is 6.42 Å². The number of hydrogen-bond donors (Lipinski definition) is 1. The number of allylic oxidation sites excluding steroid dienone is 6. The maximum Gasteiger partial charge on any atom is 0.110 e. The van der Waals surface area contributed by atoms with Gasteiger partial charge in [-0.1, -0.05) is 59.8 Å². The van der Waals surface area contributed by atoms with E-state index in [4.69, 9.17) is 0 Å². The lowest BCUT2D eigenvalue weighted by Crippen LogP contribution is -2.26. The van der Waals surface area contributed by atoms with Gasteiger partial charge in [-0.25, -0.2) is 0 Å². The first kappa shape index (κ1) is 10.8. The molecule has 0 heterocycles. The van der Waals surface area contributed by atoms with Gasteiger partial charge in [0.05, 0.1) is 0 Å². The van der Waals surface area contributed by atoms with Crippen molar-refractivity contribution in [3.05, 3.63) is 70.2 Å². The number of hydrogen-bond acceptors (Lipinski definition) is 2. The zero-order chi connectivity index (χ0) is 12.4. The molecule has 2 heteroatoms. The first-order valence-electron chi connectivity index (χ1n) is 5.96. The molecule has 0 amide bonds. The van der Waals surface area contributed by atoms with Crippen molar-refractivity contribution in [2.75, 3.05) is 0 Å². The van der Waals surface area contributed by atoms with Crippen LogP contribution in [0.2, 0.25) is 0 Å². The fraction of sp³-hybridized carbons (Fsp3) is 0.0625. The van der Waals surface area contributed by atoms with E-state index in [2.05, 4.69) is 29.5 Å². The highest BCUT2D eigenvalue weighted by molar-refractivity contribution is 6.23. The Bertz CT molecular complexity index is 718. The molecule has 0 saturated heterocycles. The van der Waals surface area contributed by atoms with Crippen molar-refractivity contribution in [3.8, 4) is 0 Å². The minimum Gasteiger partial charge on any atom is -0.410 e. The predicted octanol–water partition coefficient (Wildman–Crippen LogP) is 1.90. The molecule has 3 rings (SSSR count). The second kappa shape index (κ2) is 4.49. The van der Waals surface area contributed by atoms with Crippen LogP contribution >= 0.6 is 0 Å². The molecule has 2 aliphatic carbocycles. The van der Waals surface area contributed by atoms with Gasteiger partial charge < -0.3 is 5.21 Å². The van der Waals surface area contributed by atoms with Crippen molar-refractivity contribution < 1.29 is 5.21 Å². The monoisotopic (exact) mass is 235 g/mol. The van der Waals surface area contributed by atoms with Gasteiger partial charge in [-0.3, -0.25) is 0 Å². The summed E-state index contributed by atoms with van der Waals surface area (Å²) >= 11 is 0. The minimum atomic E-state index is 0.617. The minimum absolute atomic E-state index is 0.617. The molecular weight excluding hydrogens is 222 g/mol. The molecule has 2 nitrogen and oxygen atoms in total. The fourth-order valence-electron chi connectivity index (χ4n) is 2.28. The van der Waals surface area contributed by atoms with E-state index >= 15 is 0 Å². The average Bonchev–Trinajstić information content (AvgIpc) is 2.41. The lowest BCUT2D eigenvalue weighted by atomic mass is 9.92. The Kier molecular flexibility index (Phi) is 2.69. The second-order valence-corrected chi connectivity index (χ2v) is 4.33. The molecule has 18 heavy (non-hydrogen) atoms. The highest BCUT2D eigenvalue weighted by atomic mass is 16.4. The van der Waals surface area contributed by atoms with Gasteiger partial charge >= 0.3 is 0 Å². The van der Waals surface area contributed by atoms with E-state index in [-0.39, 0.29) is 0 Å². The smallest absolute Gasteiger partial charge is 0.110 e. The summed E-state index contributed by atoms with van der Waals surface area (Å²) in [4.78, 5) is 0. The summed E-state index contributed by atoms with van der Waals surface area (Å²) < 4.78 is 0. The third-order valence-corrected chi connectivity index (χ3v) is 3.22. The van der Waals surface area contributed by atoms with Crippen molar-refractivity contribution >= 4 is 17.9 Å². The summed E-state index contributed by atoms with van der Waals surface area (Å²) in [6.45, 7) is 0. The molecule has 0 spiro atoms. The summed E-state index contributed by atoms with van der Waals surface area (Å²) in [5, 5.41) is 14.9. The maximum absolute atomic E-state index is 9.23. The highest BCUT2D eigenvalue weighted by Gasteiger charge is 2.12. The number of rotatable bonds is 0. The van der Waals surface area contributed by atoms with Crippen molar-refractivity contribution in [1.82, 2.24) is 0 Å². The largest absolute Gasteiger partial charge is 0.410 e. The zero-order valence-corrected chi connectivity index (χ0v) is 9.88. The van der Waals surface area contributed by atoms with Gasteiger partial charge in [-0.15, -0.1) is 0 Å². The Labute approximate surface area is 105 Å². The van der Waals surface area contributed by atoms with Crippen LogP contribution in [-0.2, 0) is 0 Å². The van der Waals surface area contributed by atoms with Crippen molar-refractivity contribution in [2.24, 2.45) is 5.16 Å². The van der Waals surface area contributed by atoms with Gasteiger partial charge in [0.15, 0.2) is 0 Å². The van der Waals surface area contributed by atoms with Gasteiger partial charge in [-0.2, -0.15) is 0 Å². The van der Waals surface area contributed by atoms with E-state index in [1.807, 2.05) is 36.4 Å². The first-order valence-corrected chi connectivity index (χ1v) is 5.96. The molecule has 0 fully saturated rings. The Morgan fingerprint density at radius 3 is 2.67 bits per heavy atom. The van der Waals surface area contributed by atoms with Crippen LogP contribution < -0.4 is 10.4 Å². The zero-order valence-electron chi connectivity index (χ0n) is 9.88. The van der Waals surface area contributed by atoms with Crippen LogP contribution in [0.25, 0.3) is 12.2 Å². The van der Waals surface area contributed by atoms with Crippen LogP contribution in [0.15, 0.2) is 64.9 Å². The molecule has 0 saturated carbocycles. The van der Waals surface area contributed by atoms with Gasteiger partial charge in [0, 0.05) is 5.57 Å². The van der Waals surface area contributed by atoms with Crippen molar-refractivity contribution in [1.29, 1.82) is 0 Å². The van der Waals surface area contributed by atoms with E-state index < -0.39 is 0 Å². The molecule has 0 bridgehead atoms. The van der Waals surface area contributed by atoms with Crippen LogP contribution in [0.4, 0.5) is 0 Å². The van der Waals surface area contributed by atoms with Gasteiger partial charge in [0.25, 0.3) is 0 Å². The van der Waals surface area contributed by atoms with E-state index in [9.17, 15) is 5.21 Å². The Hall–Kier alpha value is -2.35. The fourth-order valence-corrected chi connectivity index (χ4v) is 2.28. The van der Waals surface area contributed by atoms with Crippen molar-refractivity contribution in [3.63, 3.8) is 0 Å². The molecule has 0 aromatic heterocycles. The summed E-state index contributed by atoms with van der Waals surface area (Å²) in [6, 6.07) is 8.08. The van der Waals surface area contributed by atoms with Crippen LogP contribution in [-0.4, -0.2) is 10.9 Å². The lowest BCUT2D eigenvalue weighted by Gasteiger charge is -2.13. The molecule has 1 N–H and O–H groups in total. The highest BCUT2D eigenvalue weighted by Crippen LogP contribution is 2.22. The Morgan fingerprint density at radius 1 is 1.00 bits per heavy atom. The van der Waals surface area contributed by atoms with Gasteiger partial charge in [0.2, 0.25) is 0 Å². The SMILES string of the molecule is O\N=C1/C=c2/cccc/c2=C/C=C2/CC=CC=C21. The molecular formula is C16H13NO. The Morgan fingerprint density at radius 2 is 1.83 bits per heavy atom. The third kappa shape index (κ3) is 1.82. The standard InChI is InChI=1S/C16H13NO/c18-17-16-11-14-7-2-1-5-12(14)9-10-13-6-3-4-8-15(13)16/h1-5,7-11,18H,6H2/b12-9-,13-10-,14-11-,17-16+. The summed E-state index contributed by atoms with van der Waals surface area (Å²) in [5.41, 5.74) is 2.79. The molecule has 0 aliphatic heterocycles. The van der Waals surface area contributed by atoms with E-state index in [0.29, 0.717) is 5.71 Å². The number of fused-ring (bicyclic) bond motifs is 2. The lowest BCUT2D eigenvalue weighted by molar-refractivity contribution is 0.320. The van der Waals surface area contributed by atoms with E-state index in [1.165, 1.54) is 5.57 Å². The molecule has 88 valence electrons. The molecule has 2 aliphatic rings. The van der Waals surface area contributed by atoms with Crippen LogP contribution in [0.5, 0.6) is 0 Å². The molecule has 0 radical (unpaired) electrons. The normalized spacial score (nSPS) is 26.1. The van der Waals surface area contributed by atoms with Gasteiger partial charge in [-0.05, 0) is 28.5 Å². The topological polar surface area (TPSA) is 32.6 Å². The van der Waals surface area contributed by atoms with E-state index in [0.717, 1.165) is 22.4 Å². The second-order valence-electron chi connectivity index (χ2n) is 4.33. The third-order valence-electron chi connectivity index (χ3n) is 3.22. The Balaban J connectivity index is 2.34. The molecule has 1 aromatic rings. The quantitative estimate of drug-likeness (QED) is 0.540. The summed E-state index contributed by atoms with van der Waals surface area (Å²) in [6.07, 6.45) is 13.1. The van der Waals surface area contributed by atoms with Crippen molar-refractivity contribution in [2.45, 2.75) is 6.42 Å². The van der Waals surface area contributed by atoms with Crippen LogP contribution in [0.3, 0.4) is 0 Å². The first-order chi connectivity index (χ1) is 8.88. The van der Waals surface area contributed by atoms with E-state index in [1.54, 1.807) is 0 Å². The predicted molar refractivity (Wildman–Crippen MR) is 73.8 cm³/mol. The summed E-state index contributed by atoms with van der Waals surface area (Å²) in [7, 11) is 0. The number of nitrogens with zero attached hydrogens (tertiary/aromatic N) is 1. The number of oxime groups is 1.